The minimum atomic E-state index is 0.701. The second kappa shape index (κ2) is 4.68. The summed E-state index contributed by atoms with van der Waals surface area (Å²) < 4.78 is 0. The molecule has 0 saturated heterocycles. The van der Waals surface area contributed by atoms with Crippen molar-refractivity contribution in [2.45, 2.75) is 19.8 Å². The zero-order valence-corrected chi connectivity index (χ0v) is 7.77. The maximum absolute atomic E-state index is 8.77. The number of thiazole rings is 1. The molecule has 0 aliphatic carbocycles. The average Bonchev–Trinajstić information content (AvgIpc) is 2.59. The predicted molar refractivity (Wildman–Crippen MR) is 50.6 cm³/mol. The molecule has 1 aromatic rings. The van der Waals surface area contributed by atoms with E-state index in [-0.39, 0.29) is 0 Å². The number of aromatic nitrogens is 1. The van der Waals surface area contributed by atoms with Gasteiger partial charge in [0.05, 0.1) is 5.57 Å². The lowest BCUT2D eigenvalue weighted by Crippen LogP contribution is -1.78. The van der Waals surface area contributed by atoms with Gasteiger partial charge in [-0.3, -0.25) is 0 Å². The molecule has 0 aliphatic heterocycles. The highest BCUT2D eigenvalue weighted by molar-refractivity contribution is 7.10. The van der Waals surface area contributed by atoms with E-state index in [0.29, 0.717) is 5.57 Å². The first kappa shape index (κ1) is 8.95. The molecule has 0 unspecified atom stereocenters. The molecular formula is C9H10N2S. The molecule has 12 heavy (non-hydrogen) atoms. The van der Waals surface area contributed by atoms with Crippen molar-refractivity contribution in [1.29, 1.82) is 5.26 Å². The first-order valence-corrected chi connectivity index (χ1v) is 4.76. The van der Waals surface area contributed by atoms with Crippen molar-refractivity contribution in [3.05, 3.63) is 22.7 Å². The van der Waals surface area contributed by atoms with Crippen LogP contribution in [0.2, 0.25) is 0 Å². The molecule has 1 heterocycles. The van der Waals surface area contributed by atoms with Crippen LogP contribution in [0.25, 0.3) is 5.57 Å². The Morgan fingerprint density at radius 2 is 2.67 bits per heavy atom. The van der Waals surface area contributed by atoms with Crippen LogP contribution in [0.1, 0.15) is 24.8 Å². The van der Waals surface area contributed by atoms with Crippen LogP contribution in [0, 0.1) is 11.3 Å². The molecule has 2 nitrogen and oxygen atoms in total. The van der Waals surface area contributed by atoms with Crippen molar-refractivity contribution in [2.24, 2.45) is 0 Å². The van der Waals surface area contributed by atoms with E-state index in [1.165, 1.54) is 11.3 Å². The van der Waals surface area contributed by atoms with Gasteiger partial charge in [0.1, 0.15) is 11.1 Å². The fourth-order valence-electron chi connectivity index (χ4n) is 0.826. The van der Waals surface area contributed by atoms with Gasteiger partial charge in [0.15, 0.2) is 0 Å². The smallest absolute Gasteiger partial charge is 0.133 e. The van der Waals surface area contributed by atoms with Gasteiger partial charge in [-0.1, -0.05) is 19.4 Å². The van der Waals surface area contributed by atoms with Crippen LogP contribution >= 0.6 is 11.3 Å². The second-order valence-corrected chi connectivity index (χ2v) is 3.25. The fraction of sp³-hybridized carbons (Fsp3) is 0.333. The highest BCUT2D eigenvalue weighted by Gasteiger charge is 2.00. The quantitative estimate of drug-likeness (QED) is 0.667. The van der Waals surface area contributed by atoms with Crippen LogP contribution in [-0.4, -0.2) is 4.98 Å². The Morgan fingerprint density at radius 1 is 1.83 bits per heavy atom. The van der Waals surface area contributed by atoms with Gasteiger partial charge in [-0.25, -0.2) is 4.98 Å². The highest BCUT2D eigenvalue weighted by Crippen LogP contribution is 2.16. The Bertz CT molecular complexity index is 293. The first-order valence-electron chi connectivity index (χ1n) is 3.88. The summed E-state index contributed by atoms with van der Waals surface area (Å²) in [6.07, 6.45) is 5.68. The summed E-state index contributed by atoms with van der Waals surface area (Å²) in [6, 6.07) is 2.15. The summed E-state index contributed by atoms with van der Waals surface area (Å²) in [5, 5.41) is 11.5. The maximum atomic E-state index is 8.77. The third-order valence-electron chi connectivity index (χ3n) is 1.42. The molecule has 0 fully saturated rings. The maximum Gasteiger partial charge on any atom is 0.133 e. The molecule has 3 heteroatoms. The molecule has 1 aromatic heterocycles. The van der Waals surface area contributed by atoms with Gasteiger partial charge >= 0.3 is 0 Å². The molecule has 0 saturated carbocycles. The minimum absolute atomic E-state index is 0.701. The summed E-state index contributed by atoms with van der Waals surface area (Å²) in [6.45, 7) is 2.09. The van der Waals surface area contributed by atoms with E-state index in [1.807, 2.05) is 11.5 Å². The lowest BCUT2D eigenvalue weighted by atomic mass is 10.2. The van der Waals surface area contributed by atoms with E-state index in [2.05, 4.69) is 18.0 Å². The van der Waals surface area contributed by atoms with Crippen molar-refractivity contribution in [1.82, 2.24) is 4.98 Å². The third-order valence-corrected chi connectivity index (χ3v) is 2.23. The molecule has 0 aromatic carbocycles. The number of nitriles is 1. The van der Waals surface area contributed by atoms with Crippen molar-refractivity contribution in [3.8, 4) is 6.07 Å². The second-order valence-electron chi connectivity index (χ2n) is 2.36. The number of nitrogens with zero attached hydrogens (tertiary/aromatic N) is 2. The molecular weight excluding hydrogens is 168 g/mol. The largest absolute Gasteiger partial charge is 0.244 e. The zero-order chi connectivity index (χ0) is 8.81. The van der Waals surface area contributed by atoms with Crippen molar-refractivity contribution >= 4 is 16.9 Å². The van der Waals surface area contributed by atoms with Gasteiger partial charge in [-0.05, 0) is 6.42 Å². The van der Waals surface area contributed by atoms with Gasteiger partial charge in [0, 0.05) is 11.6 Å². The van der Waals surface area contributed by atoms with Crippen molar-refractivity contribution in [3.63, 3.8) is 0 Å². The molecule has 62 valence electrons. The van der Waals surface area contributed by atoms with E-state index in [1.54, 1.807) is 6.20 Å². The monoisotopic (exact) mass is 178 g/mol. The summed E-state index contributed by atoms with van der Waals surface area (Å²) in [7, 11) is 0. The van der Waals surface area contributed by atoms with Gasteiger partial charge in [-0.15, -0.1) is 11.3 Å². The molecule has 0 bridgehead atoms. The van der Waals surface area contributed by atoms with Gasteiger partial charge in [-0.2, -0.15) is 5.26 Å². The SMILES string of the molecule is CCCC=C(C#N)c1nccs1. The number of unbranched alkanes of at least 4 members (excludes halogenated alkanes) is 1. The number of hydrogen-bond donors (Lipinski definition) is 0. The lowest BCUT2D eigenvalue weighted by molar-refractivity contribution is 0.960. The zero-order valence-electron chi connectivity index (χ0n) is 6.95. The Hall–Kier alpha value is -1.14. The third kappa shape index (κ3) is 2.18. The standard InChI is InChI=1S/C9H10N2S/c1-2-3-4-8(7-10)9-11-5-6-12-9/h4-6H,2-3H2,1H3. The van der Waals surface area contributed by atoms with E-state index in [9.17, 15) is 0 Å². The molecule has 0 spiro atoms. The summed E-state index contributed by atoms with van der Waals surface area (Å²) in [5.74, 6) is 0. The molecule has 0 amide bonds. The topological polar surface area (TPSA) is 36.7 Å². The Balaban J connectivity index is 2.78. The predicted octanol–water partition coefficient (Wildman–Crippen LogP) is 2.85. The molecule has 0 N–H and O–H groups in total. The molecule has 0 atom stereocenters. The van der Waals surface area contributed by atoms with E-state index < -0.39 is 0 Å². The first-order chi connectivity index (χ1) is 5.88. The molecule has 1 rings (SSSR count). The highest BCUT2D eigenvalue weighted by atomic mass is 32.1. The Labute approximate surface area is 76.2 Å². The number of allylic oxidation sites excluding steroid dienone is 2. The summed E-state index contributed by atoms with van der Waals surface area (Å²) in [4.78, 5) is 4.07. The van der Waals surface area contributed by atoms with Crippen LogP contribution in [0.4, 0.5) is 0 Å². The Kier molecular flexibility index (Phi) is 3.49. The van der Waals surface area contributed by atoms with Crippen LogP contribution in [0.5, 0.6) is 0 Å². The van der Waals surface area contributed by atoms with Gasteiger partial charge < -0.3 is 0 Å². The van der Waals surface area contributed by atoms with Crippen LogP contribution in [-0.2, 0) is 0 Å². The average molecular weight is 178 g/mol. The van der Waals surface area contributed by atoms with Gasteiger partial charge in [0.2, 0.25) is 0 Å². The van der Waals surface area contributed by atoms with E-state index >= 15 is 0 Å². The fourth-order valence-corrected chi connectivity index (χ4v) is 1.45. The minimum Gasteiger partial charge on any atom is -0.244 e. The normalized spacial score (nSPS) is 11.2. The van der Waals surface area contributed by atoms with Crippen molar-refractivity contribution in [2.75, 3.05) is 0 Å². The van der Waals surface area contributed by atoms with Crippen molar-refractivity contribution < 1.29 is 0 Å². The lowest BCUT2D eigenvalue weighted by Gasteiger charge is -1.90. The summed E-state index contributed by atoms with van der Waals surface area (Å²) in [5.41, 5.74) is 0.701. The summed E-state index contributed by atoms with van der Waals surface area (Å²) >= 11 is 1.50. The van der Waals surface area contributed by atoms with Crippen LogP contribution in [0.3, 0.4) is 0 Å². The van der Waals surface area contributed by atoms with Gasteiger partial charge in [0.25, 0.3) is 0 Å². The van der Waals surface area contributed by atoms with E-state index in [4.69, 9.17) is 5.26 Å². The van der Waals surface area contributed by atoms with Crippen LogP contribution < -0.4 is 0 Å². The molecule has 0 aliphatic rings. The number of rotatable bonds is 3. The van der Waals surface area contributed by atoms with Crippen LogP contribution in [0.15, 0.2) is 17.7 Å². The Morgan fingerprint density at radius 3 is 3.17 bits per heavy atom. The van der Waals surface area contributed by atoms with E-state index in [0.717, 1.165) is 17.8 Å². The molecule has 0 radical (unpaired) electrons. The number of hydrogen-bond acceptors (Lipinski definition) is 3.